The number of carbonyl (C=O) groups excluding carboxylic acids is 1. The standard InChI is InChI=1S/C17H15N3OS/c1-12-15(11-19-16(21)13-7-9-18-10-8-13)22-17(20-12)14-5-3-2-4-6-14/h2-10H,11H2,1H3,(H,19,21). The fourth-order valence-electron chi connectivity index (χ4n) is 2.06. The molecule has 0 aliphatic heterocycles. The number of hydrogen-bond acceptors (Lipinski definition) is 4. The highest BCUT2D eigenvalue weighted by atomic mass is 32.1. The van der Waals surface area contributed by atoms with E-state index in [4.69, 9.17) is 0 Å². The van der Waals surface area contributed by atoms with Gasteiger partial charge in [0.15, 0.2) is 0 Å². The Labute approximate surface area is 132 Å². The first-order valence-electron chi connectivity index (χ1n) is 6.94. The van der Waals surface area contributed by atoms with Crippen LogP contribution in [0, 0.1) is 6.92 Å². The van der Waals surface area contributed by atoms with Gasteiger partial charge >= 0.3 is 0 Å². The maximum Gasteiger partial charge on any atom is 0.251 e. The van der Waals surface area contributed by atoms with Crippen LogP contribution in [0.3, 0.4) is 0 Å². The number of pyridine rings is 1. The minimum absolute atomic E-state index is 0.100. The van der Waals surface area contributed by atoms with Crippen molar-refractivity contribution < 1.29 is 4.79 Å². The third-order valence-corrected chi connectivity index (χ3v) is 4.47. The summed E-state index contributed by atoms with van der Waals surface area (Å²) in [5.41, 5.74) is 2.67. The molecule has 22 heavy (non-hydrogen) atoms. The Balaban J connectivity index is 1.71. The Kier molecular flexibility index (Phi) is 4.25. The molecule has 2 heterocycles. The molecule has 1 N–H and O–H groups in total. The molecule has 110 valence electrons. The van der Waals surface area contributed by atoms with Gasteiger partial charge in [-0.1, -0.05) is 30.3 Å². The summed E-state index contributed by atoms with van der Waals surface area (Å²) in [7, 11) is 0. The van der Waals surface area contributed by atoms with Crippen LogP contribution in [0.25, 0.3) is 10.6 Å². The zero-order valence-electron chi connectivity index (χ0n) is 12.1. The molecule has 3 rings (SSSR count). The molecule has 1 aromatic carbocycles. The molecule has 0 aliphatic carbocycles. The van der Waals surface area contributed by atoms with E-state index < -0.39 is 0 Å². The third-order valence-electron chi connectivity index (χ3n) is 3.27. The van der Waals surface area contributed by atoms with E-state index in [0.717, 1.165) is 21.1 Å². The van der Waals surface area contributed by atoms with Gasteiger partial charge in [-0.15, -0.1) is 11.3 Å². The van der Waals surface area contributed by atoms with E-state index in [0.29, 0.717) is 12.1 Å². The molecule has 0 fully saturated rings. The van der Waals surface area contributed by atoms with Crippen molar-refractivity contribution in [3.05, 3.63) is 71.0 Å². The summed E-state index contributed by atoms with van der Waals surface area (Å²) in [6.45, 7) is 2.45. The average Bonchev–Trinajstić information content (AvgIpc) is 2.95. The molecular formula is C17H15N3OS. The topological polar surface area (TPSA) is 54.9 Å². The summed E-state index contributed by atoms with van der Waals surface area (Å²) in [4.78, 5) is 21.6. The summed E-state index contributed by atoms with van der Waals surface area (Å²) in [5, 5.41) is 3.90. The number of nitrogens with one attached hydrogen (secondary N) is 1. The SMILES string of the molecule is Cc1nc(-c2ccccc2)sc1CNC(=O)c1ccncc1. The number of nitrogens with zero attached hydrogens (tertiary/aromatic N) is 2. The number of amides is 1. The summed E-state index contributed by atoms with van der Waals surface area (Å²) < 4.78 is 0. The van der Waals surface area contributed by atoms with Crippen molar-refractivity contribution >= 4 is 17.2 Å². The molecular weight excluding hydrogens is 294 g/mol. The molecule has 1 amide bonds. The van der Waals surface area contributed by atoms with E-state index in [1.54, 1.807) is 35.9 Å². The highest BCUT2D eigenvalue weighted by Gasteiger charge is 2.11. The van der Waals surface area contributed by atoms with E-state index in [1.165, 1.54) is 0 Å². The van der Waals surface area contributed by atoms with Crippen LogP contribution in [0.2, 0.25) is 0 Å². The Morgan fingerprint density at radius 1 is 1.14 bits per heavy atom. The highest BCUT2D eigenvalue weighted by molar-refractivity contribution is 7.15. The second-order valence-corrected chi connectivity index (χ2v) is 5.90. The molecule has 0 atom stereocenters. The zero-order chi connectivity index (χ0) is 15.4. The molecule has 0 aliphatic rings. The Morgan fingerprint density at radius 3 is 2.59 bits per heavy atom. The fourth-order valence-corrected chi connectivity index (χ4v) is 3.07. The lowest BCUT2D eigenvalue weighted by molar-refractivity contribution is 0.0951. The van der Waals surface area contributed by atoms with Gasteiger partial charge in [0, 0.05) is 28.4 Å². The van der Waals surface area contributed by atoms with Crippen molar-refractivity contribution in [2.75, 3.05) is 0 Å². The van der Waals surface area contributed by atoms with Crippen LogP contribution >= 0.6 is 11.3 Å². The smallest absolute Gasteiger partial charge is 0.251 e. The number of rotatable bonds is 4. The number of aryl methyl sites for hydroxylation is 1. The van der Waals surface area contributed by atoms with Crippen molar-refractivity contribution in [1.82, 2.24) is 15.3 Å². The van der Waals surface area contributed by atoms with Crippen LogP contribution in [-0.2, 0) is 6.54 Å². The van der Waals surface area contributed by atoms with E-state index in [1.807, 2.05) is 37.3 Å². The van der Waals surface area contributed by atoms with Crippen molar-refractivity contribution in [3.63, 3.8) is 0 Å². The predicted molar refractivity (Wildman–Crippen MR) is 87.7 cm³/mol. The maximum absolute atomic E-state index is 12.1. The normalized spacial score (nSPS) is 10.4. The molecule has 0 spiro atoms. The molecule has 0 radical (unpaired) electrons. The number of hydrogen-bond donors (Lipinski definition) is 1. The molecule has 0 unspecified atom stereocenters. The van der Waals surface area contributed by atoms with Crippen molar-refractivity contribution in [2.45, 2.75) is 13.5 Å². The van der Waals surface area contributed by atoms with Gasteiger partial charge in [-0.3, -0.25) is 9.78 Å². The van der Waals surface area contributed by atoms with Crippen molar-refractivity contribution in [3.8, 4) is 10.6 Å². The Hall–Kier alpha value is -2.53. The van der Waals surface area contributed by atoms with E-state index >= 15 is 0 Å². The Morgan fingerprint density at radius 2 is 1.86 bits per heavy atom. The van der Waals surface area contributed by atoms with Crippen molar-refractivity contribution in [2.24, 2.45) is 0 Å². The van der Waals surface area contributed by atoms with Crippen LogP contribution in [0.15, 0.2) is 54.9 Å². The first kappa shape index (κ1) is 14.4. The van der Waals surface area contributed by atoms with Gasteiger partial charge in [0.05, 0.1) is 12.2 Å². The number of carbonyl (C=O) groups is 1. The van der Waals surface area contributed by atoms with Gasteiger partial charge in [0.2, 0.25) is 0 Å². The molecule has 2 aromatic heterocycles. The Bertz CT molecular complexity index is 769. The number of aromatic nitrogens is 2. The number of benzene rings is 1. The lowest BCUT2D eigenvalue weighted by Gasteiger charge is -2.03. The van der Waals surface area contributed by atoms with Gasteiger partial charge in [-0.2, -0.15) is 0 Å². The van der Waals surface area contributed by atoms with Gasteiger partial charge in [-0.25, -0.2) is 4.98 Å². The minimum atomic E-state index is -0.100. The van der Waals surface area contributed by atoms with Crippen LogP contribution in [-0.4, -0.2) is 15.9 Å². The molecule has 0 saturated heterocycles. The van der Waals surface area contributed by atoms with Crippen LogP contribution < -0.4 is 5.32 Å². The van der Waals surface area contributed by atoms with Gasteiger partial charge in [0.25, 0.3) is 5.91 Å². The molecule has 5 heteroatoms. The van der Waals surface area contributed by atoms with E-state index in [9.17, 15) is 4.79 Å². The molecule has 0 saturated carbocycles. The lowest BCUT2D eigenvalue weighted by atomic mass is 10.2. The first-order chi connectivity index (χ1) is 10.7. The zero-order valence-corrected chi connectivity index (χ0v) is 12.9. The summed E-state index contributed by atoms with van der Waals surface area (Å²) in [6.07, 6.45) is 3.22. The summed E-state index contributed by atoms with van der Waals surface area (Å²) in [6, 6.07) is 13.5. The highest BCUT2D eigenvalue weighted by Crippen LogP contribution is 2.27. The summed E-state index contributed by atoms with van der Waals surface area (Å²) in [5.74, 6) is -0.100. The largest absolute Gasteiger partial charge is 0.347 e. The third kappa shape index (κ3) is 3.20. The fraction of sp³-hybridized carbons (Fsp3) is 0.118. The quantitative estimate of drug-likeness (QED) is 0.803. The second-order valence-electron chi connectivity index (χ2n) is 4.81. The van der Waals surface area contributed by atoms with Crippen LogP contribution in [0.4, 0.5) is 0 Å². The van der Waals surface area contributed by atoms with Crippen molar-refractivity contribution in [1.29, 1.82) is 0 Å². The average molecular weight is 309 g/mol. The van der Waals surface area contributed by atoms with Crippen LogP contribution in [0.5, 0.6) is 0 Å². The second kappa shape index (κ2) is 6.49. The van der Waals surface area contributed by atoms with E-state index in [-0.39, 0.29) is 5.91 Å². The minimum Gasteiger partial charge on any atom is -0.347 e. The molecule has 0 bridgehead atoms. The van der Waals surface area contributed by atoms with E-state index in [2.05, 4.69) is 15.3 Å². The lowest BCUT2D eigenvalue weighted by Crippen LogP contribution is -2.22. The van der Waals surface area contributed by atoms with Gasteiger partial charge in [-0.05, 0) is 19.1 Å². The first-order valence-corrected chi connectivity index (χ1v) is 7.75. The van der Waals surface area contributed by atoms with Gasteiger partial charge < -0.3 is 5.32 Å². The predicted octanol–water partition coefficient (Wildman–Crippen LogP) is 3.44. The monoisotopic (exact) mass is 309 g/mol. The molecule has 3 aromatic rings. The van der Waals surface area contributed by atoms with Gasteiger partial charge in [0.1, 0.15) is 5.01 Å². The summed E-state index contributed by atoms with van der Waals surface area (Å²) >= 11 is 1.61. The number of thiazole rings is 1. The maximum atomic E-state index is 12.1. The van der Waals surface area contributed by atoms with Crippen LogP contribution in [0.1, 0.15) is 20.9 Å². The molecule has 4 nitrogen and oxygen atoms in total.